The average Bonchev–Trinajstić information content (AvgIpc) is 2.87. The maximum absolute atomic E-state index is 11.7. The lowest BCUT2D eigenvalue weighted by molar-refractivity contribution is -0.145. The van der Waals surface area contributed by atoms with Gasteiger partial charge in [0.15, 0.2) is 0 Å². The molecule has 18 heavy (non-hydrogen) atoms. The molecule has 1 saturated carbocycles. The zero-order valence-electron chi connectivity index (χ0n) is 10.9. The molecular formula is C14H20N2O2. The van der Waals surface area contributed by atoms with Crippen LogP contribution in [-0.2, 0) is 9.53 Å². The van der Waals surface area contributed by atoms with Crippen LogP contribution < -0.4 is 5.32 Å². The van der Waals surface area contributed by atoms with Gasteiger partial charge in [-0.2, -0.15) is 0 Å². The Morgan fingerprint density at radius 3 is 3.00 bits per heavy atom. The summed E-state index contributed by atoms with van der Waals surface area (Å²) in [4.78, 5) is 16.0. The van der Waals surface area contributed by atoms with Crippen molar-refractivity contribution in [1.82, 2.24) is 10.3 Å². The molecule has 1 aromatic rings. The van der Waals surface area contributed by atoms with E-state index in [9.17, 15) is 4.79 Å². The number of pyridine rings is 1. The molecule has 1 aliphatic rings. The molecule has 98 valence electrons. The van der Waals surface area contributed by atoms with Gasteiger partial charge in [-0.25, -0.2) is 0 Å². The van der Waals surface area contributed by atoms with E-state index < -0.39 is 0 Å². The molecule has 0 radical (unpaired) electrons. The third-order valence-corrected chi connectivity index (χ3v) is 3.62. The van der Waals surface area contributed by atoms with Crippen molar-refractivity contribution in [2.24, 2.45) is 5.92 Å². The second kappa shape index (κ2) is 5.96. The summed E-state index contributed by atoms with van der Waals surface area (Å²) in [5, 5.41) is 3.50. The van der Waals surface area contributed by atoms with E-state index in [1.54, 1.807) is 6.20 Å². The smallest absolute Gasteiger partial charge is 0.310 e. The summed E-state index contributed by atoms with van der Waals surface area (Å²) in [5.41, 5.74) is 1.01. The Hall–Kier alpha value is -1.42. The third kappa shape index (κ3) is 2.88. The SMILES string of the molecule is COC(=O)C1CCCC1NC(C)c1ccccn1. The van der Waals surface area contributed by atoms with Crippen molar-refractivity contribution >= 4 is 5.97 Å². The lowest BCUT2D eigenvalue weighted by Gasteiger charge is -2.23. The first kappa shape index (κ1) is 13.0. The number of carbonyl (C=O) groups excluding carboxylic acids is 1. The van der Waals surface area contributed by atoms with Gasteiger partial charge in [0.25, 0.3) is 0 Å². The second-order valence-electron chi connectivity index (χ2n) is 4.81. The number of ether oxygens (including phenoxy) is 1. The van der Waals surface area contributed by atoms with Crippen LogP contribution in [0.3, 0.4) is 0 Å². The molecule has 4 heteroatoms. The molecule has 3 atom stereocenters. The van der Waals surface area contributed by atoms with Crippen molar-refractivity contribution in [2.75, 3.05) is 7.11 Å². The van der Waals surface area contributed by atoms with Gasteiger partial charge in [0.2, 0.25) is 0 Å². The Morgan fingerprint density at radius 1 is 1.50 bits per heavy atom. The van der Waals surface area contributed by atoms with Gasteiger partial charge < -0.3 is 10.1 Å². The normalized spacial score (nSPS) is 24.8. The number of methoxy groups -OCH3 is 1. The highest BCUT2D eigenvalue weighted by atomic mass is 16.5. The molecule has 0 amide bonds. The van der Waals surface area contributed by atoms with Gasteiger partial charge in [0, 0.05) is 18.3 Å². The van der Waals surface area contributed by atoms with E-state index >= 15 is 0 Å². The van der Waals surface area contributed by atoms with Crippen LogP contribution in [0.15, 0.2) is 24.4 Å². The largest absolute Gasteiger partial charge is 0.469 e. The fourth-order valence-corrected chi connectivity index (χ4v) is 2.63. The van der Waals surface area contributed by atoms with Crippen LogP contribution in [0.1, 0.15) is 37.9 Å². The molecule has 4 nitrogen and oxygen atoms in total. The minimum Gasteiger partial charge on any atom is -0.469 e. The molecule has 1 aromatic heterocycles. The predicted molar refractivity (Wildman–Crippen MR) is 68.9 cm³/mol. The Kier molecular flexibility index (Phi) is 4.31. The Morgan fingerprint density at radius 2 is 2.33 bits per heavy atom. The lowest BCUT2D eigenvalue weighted by Crippen LogP contribution is -2.38. The summed E-state index contributed by atoms with van der Waals surface area (Å²) in [6.07, 6.45) is 4.81. The number of rotatable bonds is 4. The highest BCUT2D eigenvalue weighted by Gasteiger charge is 2.34. The summed E-state index contributed by atoms with van der Waals surface area (Å²) >= 11 is 0. The second-order valence-corrected chi connectivity index (χ2v) is 4.81. The molecule has 0 saturated heterocycles. The fourth-order valence-electron chi connectivity index (χ4n) is 2.63. The maximum atomic E-state index is 11.7. The summed E-state index contributed by atoms with van der Waals surface area (Å²) in [6, 6.07) is 6.24. The number of nitrogens with one attached hydrogen (secondary N) is 1. The Bertz CT molecular complexity index is 394. The van der Waals surface area contributed by atoms with E-state index in [0.717, 1.165) is 25.0 Å². The molecule has 1 heterocycles. The summed E-state index contributed by atoms with van der Waals surface area (Å²) in [6.45, 7) is 2.08. The molecule has 0 spiro atoms. The van der Waals surface area contributed by atoms with E-state index in [1.165, 1.54) is 7.11 Å². The van der Waals surface area contributed by atoms with Gasteiger partial charge in [-0.15, -0.1) is 0 Å². The molecule has 0 aliphatic heterocycles. The van der Waals surface area contributed by atoms with Crippen molar-refractivity contribution in [1.29, 1.82) is 0 Å². The predicted octanol–water partition coefficient (Wildman–Crippen LogP) is 2.07. The van der Waals surface area contributed by atoms with Crippen molar-refractivity contribution in [3.63, 3.8) is 0 Å². The molecule has 2 rings (SSSR count). The monoisotopic (exact) mass is 248 g/mol. The van der Waals surface area contributed by atoms with Crippen LogP contribution in [-0.4, -0.2) is 24.1 Å². The number of esters is 1. The maximum Gasteiger partial charge on any atom is 0.310 e. The standard InChI is InChI=1S/C14H20N2O2/c1-10(12-7-3-4-9-15-12)16-13-8-5-6-11(13)14(17)18-2/h3-4,7,9-11,13,16H,5-6,8H2,1-2H3. The minimum atomic E-state index is -0.0989. The van der Waals surface area contributed by atoms with E-state index in [0.29, 0.717) is 0 Å². The van der Waals surface area contributed by atoms with E-state index in [4.69, 9.17) is 4.74 Å². The van der Waals surface area contributed by atoms with Crippen LogP contribution in [0.4, 0.5) is 0 Å². The Balaban J connectivity index is 1.98. The van der Waals surface area contributed by atoms with Gasteiger partial charge in [-0.1, -0.05) is 12.5 Å². The van der Waals surface area contributed by atoms with Crippen LogP contribution in [0.2, 0.25) is 0 Å². The number of nitrogens with zero attached hydrogens (tertiary/aromatic N) is 1. The van der Waals surface area contributed by atoms with Crippen LogP contribution in [0, 0.1) is 5.92 Å². The lowest BCUT2D eigenvalue weighted by atomic mass is 10.0. The quantitative estimate of drug-likeness (QED) is 0.829. The highest BCUT2D eigenvalue weighted by Crippen LogP contribution is 2.28. The van der Waals surface area contributed by atoms with Gasteiger partial charge in [0.05, 0.1) is 18.7 Å². The first-order chi connectivity index (χ1) is 8.72. The van der Waals surface area contributed by atoms with Crippen LogP contribution >= 0.6 is 0 Å². The van der Waals surface area contributed by atoms with E-state index in [-0.39, 0.29) is 24.0 Å². The zero-order valence-corrected chi connectivity index (χ0v) is 10.9. The average molecular weight is 248 g/mol. The molecule has 0 bridgehead atoms. The number of hydrogen-bond acceptors (Lipinski definition) is 4. The number of aromatic nitrogens is 1. The van der Waals surface area contributed by atoms with Crippen molar-refractivity contribution in [2.45, 2.75) is 38.3 Å². The van der Waals surface area contributed by atoms with Crippen molar-refractivity contribution < 1.29 is 9.53 Å². The number of hydrogen-bond donors (Lipinski definition) is 1. The van der Waals surface area contributed by atoms with Gasteiger partial charge in [0.1, 0.15) is 0 Å². The van der Waals surface area contributed by atoms with Gasteiger partial charge in [-0.05, 0) is 31.9 Å². The first-order valence-electron chi connectivity index (χ1n) is 6.47. The van der Waals surface area contributed by atoms with E-state index in [2.05, 4.69) is 17.2 Å². The molecular weight excluding hydrogens is 228 g/mol. The Labute approximate surface area is 108 Å². The highest BCUT2D eigenvalue weighted by molar-refractivity contribution is 5.73. The molecule has 1 aliphatic carbocycles. The molecule has 1 fully saturated rings. The van der Waals surface area contributed by atoms with Gasteiger partial charge in [-0.3, -0.25) is 9.78 Å². The van der Waals surface area contributed by atoms with Gasteiger partial charge >= 0.3 is 5.97 Å². The summed E-state index contributed by atoms with van der Waals surface area (Å²) in [7, 11) is 1.46. The summed E-state index contributed by atoms with van der Waals surface area (Å²) in [5.74, 6) is -0.112. The molecule has 1 N–H and O–H groups in total. The third-order valence-electron chi connectivity index (χ3n) is 3.62. The molecule has 3 unspecified atom stereocenters. The molecule has 0 aromatic carbocycles. The minimum absolute atomic E-state index is 0.0128. The van der Waals surface area contributed by atoms with E-state index in [1.807, 2.05) is 18.2 Å². The van der Waals surface area contributed by atoms with Crippen LogP contribution in [0.25, 0.3) is 0 Å². The van der Waals surface area contributed by atoms with Crippen molar-refractivity contribution in [3.8, 4) is 0 Å². The zero-order chi connectivity index (χ0) is 13.0. The fraction of sp³-hybridized carbons (Fsp3) is 0.571. The number of carbonyl (C=O) groups is 1. The summed E-state index contributed by atoms with van der Waals surface area (Å²) < 4.78 is 4.86. The first-order valence-corrected chi connectivity index (χ1v) is 6.47. The van der Waals surface area contributed by atoms with Crippen LogP contribution in [0.5, 0.6) is 0 Å². The topological polar surface area (TPSA) is 51.2 Å². The van der Waals surface area contributed by atoms with Crippen molar-refractivity contribution in [3.05, 3.63) is 30.1 Å².